The summed E-state index contributed by atoms with van der Waals surface area (Å²) in [5, 5.41) is 3.86. The van der Waals surface area contributed by atoms with Crippen LogP contribution in [0.5, 0.6) is 0 Å². The minimum atomic E-state index is -0.481. The molecule has 0 bridgehead atoms. The van der Waals surface area contributed by atoms with E-state index >= 15 is 0 Å². The van der Waals surface area contributed by atoms with Crippen molar-refractivity contribution < 1.29 is 4.79 Å². The maximum atomic E-state index is 13.2. The van der Waals surface area contributed by atoms with Crippen LogP contribution in [0.4, 0.5) is 0 Å². The molecule has 4 aromatic rings. The monoisotopic (exact) mass is 497 g/mol. The molecule has 10 heteroatoms. The van der Waals surface area contributed by atoms with Crippen LogP contribution in [-0.4, -0.2) is 36.9 Å². The summed E-state index contributed by atoms with van der Waals surface area (Å²) in [6.07, 6.45) is 0.747. The molecule has 2 heterocycles. The van der Waals surface area contributed by atoms with Gasteiger partial charge in [-0.1, -0.05) is 71.9 Å². The maximum Gasteiger partial charge on any atom is 0.332 e. The number of benzene rings is 2. The quantitative estimate of drug-likeness (QED) is 0.378. The number of hydrogen-bond acceptors (Lipinski definition) is 5. The number of halogens is 1. The zero-order valence-electron chi connectivity index (χ0n) is 18.8. The largest absolute Gasteiger partial charge is 0.355 e. The number of rotatable bonds is 8. The third-order valence-electron chi connectivity index (χ3n) is 5.52. The lowest BCUT2D eigenvalue weighted by molar-refractivity contribution is -0.118. The minimum Gasteiger partial charge on any atom is -0.355 e. The van der Waals surface area contributed by atoms with Crippen LogP contribution in [-0.2, 0) is 31.9 Å². The number of nitrogens with one attached hydrogen (secondary N) is 1. The Balaban J connectivity index is 1.52. The number of fused-ring (bicyclic) bond motifs is 1. The second kappa shape index (κ2) is 10.3. The van der Waals surface area contributed by atoms with Crippen molar-refractivity contribution in [3.8, 4) is 0 Å². The number of thioether (sulfide) groups is 1. The summed E-state index contributed by atoms with van der Waals surface area (Å²) in [7, 11) is 3.28. The number of aryl methyl sites for hydroxylation is 2. The van der Waals surface area contributed by atoms with E-state index in [-0.39, 0.29) is 23.9 Å². The number of amides is 1. The topological polar surface area (TPSA) is 90.9 Å². The summed E-state index contributed by atoms with van der Waals surface area (Å²) >= 11 is 7.45. The van der Waals surface area contributed by atoms with E-state index in [9.17, 15) is 14.4 Å². The molecule has 0 spiro atoms. The Labute approximate surface area is 205 Å². The first kappa shape index (κ1) is 23.8. The fourth-order valence-electron chi connectivity index (χ4n) is 3.66. The molecule has 0 aliphatic heterocycles. The SMILES string of the molecule is Cn1c(SCC(=O)NCCc2ccccc2)nc2c1c(=O)n(Cc1ccccc1Cl)c(=O)n2C. The second-order valence-electron chi connectivity index (χ2n) is 7.82. The zero-order valence-corrected chi connectivity index (χ0v) is 20.4. The first-order valence-electron chi connectivity index (χ1n) is 10.7. The van der Waals surface area contributed by atoms with Crippen molar-refractivity contribution in [2.45, 2.75) is 18.1 Å². The number of aromatic nitrogens is 4. The fourth-order valence-corrected chi connectivity index (χ4v) is 4.65. The molecule has 0 fully saturated rings. The van der Waals surface area contributed by atoms with Gasteiger partial charge in [-0.2, -0.15) is 0 Å². The Morgan fingerprint density at radius 2 is 1.74 bits per heavy atom. The maximum absolute atomic E-state index is 13.2. The summed E-state index contributed by atoms with van der Waals surface area (Å²) in [5.41, 5.74) is 1.46. The van der Waals surface area contributed by atoms with Crippen molar-refractivity contribution >= 4 is 40.4 Å². The van der Waals surface area contributed by atoms with Crippen LogP contribution in [0, 0.1) is 0 Å². The van der Waals surface area contributed by atoms with E-state index in [0.29, 0.717) is 27.8 Å². The summed E-state index contributed by atoms with van der Waals surface area (Å²) in [5.74, 6) is 0.0197. The summed E-state index contributed by atoms with van der Waals surface area (Å²) in [6.45, 7) is 0.589. The molecule has 34 heavy (non-hydrogen) atoms. The second-order valence-corrected chi connectivity index (χ2v) is 9.17. The third-order valence-corrected chi connectivity index (χ3v) is 6.91. The molecular weight excluding hydrogens is 474 g/mol. The van der Waals surface area contributed by atoms with Crippen molar-refractivity contribution in [3.63, 3.8) is 0 Å². The Bertz CT molecular complexity index is 1460. The first-order chi connectivity index (χ1) is 16.4. The van der Waals surface area contributed by atoms with Gasteiger partial charge in [-0.25, -0.2) is 9.78 Å². The molecular formula is C24H24ClN5O3S. The predicted octanol–water partition coefficient (Wildman–Crippen LogP) is 2.59. The Morgan fingerprint density at radius 1 is 1.03 bits per heavy atom. The van der Waals surface area contributed by atoms with E-state index in [1.54, 1.807) is 42.9 Å². The van der Waals surface area contributed by atoms with Crippen molar-refractivity contribution in [2.24, 2.45) is 14.1 Å². The van der Waals surface area contributed by atoms with Crippen molar-refractivity contribution in [1.82, 2.24) is 24.0 Å². The van der Waals surface area contributed by atoms with Gasteiger partial charge in [-0.15, -0.1) is 0 Å². The van der Waals surface area contributed by atoms with Crippen LogP contribution in [0.2, 0.25) is 5.02 Å². The zero-order chi connectivity index (χ0) is 24.2. The van der Waals surface area contributed by atoms with Gasteiger partial charge in [0.1, 0.15) is 0 Å². The van der Waals surface area contributed by atoms with Gasteiger partial charge in [-0.3, -0.25) is 18.7 Å². The van der Waals surface area contributed by atoms with E-state index in [1.165, 1.54) is 16.3 Å². The molecule has 1 amide bonds. The molecule has 8 nitrogen and oxygen atoms in total. The molecule has 0 saturated heterocycles. The number of hydrogen-bond donors (Lipinski definition) is 1. The van der Waals surface area contributed by atoms with Gasteiger partial charge in [0.15, 0.2) is 16.3 Å². The Hall–Kier alpha value is -3.30. The van der Waals surface area contributed by atoms with Crippen molar-refractivity contribution in [3.05, 3.63) is 91.6 Å². The van der Waals surface area contributed by atoms with E-state index in [4.69, 9.17) is 11.6 Å². The molecule has 176 valence electrons. The number of imidazole rings is 1. The van der Waals surface area contributed by atoms with E-state index in [1.807, 2.05) is 30.3 Å². The van der Waals surface area contributed by atoms with Crippen LogP contribution in [0.25, 0.3) is 11.2 Å². The Kier molecular flexibility index (Phi) is 7.23. The smallest absolute Gasteiger partial charge is 0.332 e. The molecule has 0 atom stereocenters. The molecule has 0 unspecified atom stereocenters. The van der Waals surface area contributed by atoms with Crippen molar-refractivity contribution in [2.75, 3.05) is 12.3 Å². The number of carbonyl (C=O) groups excluding carboxylic acids is 1. The van der Waals surface area contributed by atoms with Gasteiger partial charge in [0.05, 0.1) is 12.3 Å². The van der Waals surface area contributed by atoms with Gasteiger partial charge in [0.2, 0.25) is 5.91 Å². The molecule has 0 aliphatic rings. The minimum absolute atomic E-state index is 0.0542. The highest BCUT2D eigenvalue weighted by Crippen LogP contribution is 2.20. The normalized spacial score (nSPS) is 11.1. The average Bonchev–Trinajstić information content (AvgIpc) is 3.17. The highest BCUT2D eigenvalue weighted by Gasteiger charge is 2.20. The highest BCUT2D eigenvalue weighted by molar-refractivity contribution is 7.99. The third kappa shape index (κ3) is 4.95. The number of carbonyl (C=O) groups is 1. The van der Waals surface area contributed by atoms with Gasteiger partial charge < -0.3 is 9.88 Å². The molecule has 4 rings (SSSR count). The van der Waals surface area contributed by atoms with Gasteiger partial charge >= 0.3 is 5.69 Å². The predicted molar refractivity (Wildman–Crippen MR) is 135 cm³/mol. The van der Waals surface area contributed by atoms with Crippen LogP contribution in [0.15, 0.2) is 69.3 Å². The van der Waals surface area contributed by atoms with Gasteiger partial charge in [0, 0.05) is 25.7 Å². The Morgan fingerprint density at radius 3 is 2.47 bits per heavy atom. The van der Waals surface area contributed by atoms with E-state index in [0.717, 1.165) is 16.6 Å². The first-order valence-corrected chi connectivity index (χ1v) is 12.1. The molecule has 0 radical (unpaired) electrons. The number of nitrogens with zero attached hydrogens (tertiary/aromatic N) is 4. The van der Waals surface area contributed by atoms with Crippen molar-refractivity contribution in [1.29, 1.82) is 0 Å². The average molecular weight is 498 g/mol. The summed E-state index contributed by atoms with van der Waals surface area (Å²) in [4.78, 5) is 42.9. The molecule has 2 aromatic heterocycles. The standard InChI is InChI=1S/C24H24ClN5O3S/c1-28-20-21(27-23(28)34-15-19(31)26-13-12-16-8-4-3-5-9-16)29(2)24(33)30(22(20)32)14-17-10-6-7-11-18(17)25/h3-11H,12-15H2,1-2H3,(H,26,31). The van der Waals surface area contributed by atoms with Gasteiger partial charge in [0.25, 0.3) is 5.56 Å². The lowest BCUT2D eigenvalue weighted by Crippen LogP contribution is -2.39. The van der Waals surface area contributed by atoms with E-state index < -0.39 is 11.2 Å². The summed E-state index contributed by atoms with van der Waals surface area (Å²) in [6, 6.07) is 17.0. The highest BCUT2D eigenvalue weighted by atomic mass is 35.5. The van der Waals surface area contributed by atoms with Crippen LogP contribution >= 0.6 is 23.4 Å². The molecule has 0 aliphatic carbocycles. The fraction of sp³-hybridized carbons (Fsp3) is 0.250. The van der Waals surface area contributed by atoms with Crippen LogP contribution in [0.1, 0.15) is 11.1 Å². The molecule has 2 aromatic carbocycles. The lowest BCUT2D eigenvalue weighted by Gasteiger charge is -2.09. The van der Waals surface area contributed by atoms with Gasteiger partial charge in [-0.05, 0) is 23.6 Å². The van der Waals surface area contributed by atoms with Crippen LogP contribution < -0.4 is 16.6 Å². The van der Waals surface area contributed by atoms with E-state index in [2.05, 4.69) is 10.3 Å². The molecule has 0 saturated carbocycles. The molecule has 1 N–H and O–H groups in total. The van der Waals surface area contributed by atoms with Crippen LogP contribution in [0.3, 0.4) is 0 Å². The lowest BCUT2D eigenvalue weighted by atomic mass is 10.1. The summed E-state index contributed by atoms with van der Waals surface area (Å²) < 4.78 is 4.12.